The molecule has 0 amide bonds. The summed E-state index contributed by atoms with van der Waals surface area (Å²) in [6.45, 7) is 1.66. The number of hydrogen-bond acceptors (Lipinski definition) is 5. The predicted octanol–water partition coefficient (Wildman–Crippen LogP) is 1.05. The van der Waals surface area contributed by atoms with Crippen LogP contribution in [0, 0.1) is 11.3 Å². The van der Waals surface area contributed by atoms with Gasteiger partial charge in [-0.25, -0.2) is 4.98 Å². The van der Waals surface area contributed by atoms with E-state index < -0.39 is 6.10 Å². The average Bonchev–Trinajstić information content (AvgIpc) is 2.29. The van der Waals surface area contributed by atoms with Crippen LogP contribution in [-0.4, -0.2) is 30.8 Å². The number of rotatable bonds is 1. The Labute approximate surface area is 98.4 Å². The molecule has 16 heavy (non-hydrogen) atoms. The fourth-order valence-corrected chi connectivity index (χ4v) is 1.89. The lowest BCUT2D eigenvalue weighted by molar-refractivity contribution is 0.0761. The summed E-state index contributed by atoms with van der Waals surface area (Å²) >= 11 is 6.05. The fourth-order valence-electron chi connectivity index (χ4n) is 1.60. The molecule has 0 radical (unpaired) electrons. The second-order valence-electron chi connectivity index (χ2n) is 3.51. The van der Waals surface area contributed by atoms with Crippen molar-refractivity contribution in [3.8, 4) is 6.07 Å². The van der Waals surface area contributed by atoms with Gasteiger partial charge in [0.25, 0.3) is 0 Å². The lowest BCUT2D eigenvalue weighted by atomic mass is 10.3. The van der Waals surface area contributed by atoms with Gasteiger partial charge in [0.05, 0.1) is 36.1 Å². The van der Waals surface area contributed by atoms with E-state index in [-0.39, 0.29) is 0 Å². The molecule has 2 N–H and O–H groups in total. The number of nitrogen functional groups attached to an aromatic ring is 1. The minimum absolute atomic E-state index is 0.427. The number of aromatic nitrogens is 1. The molecule has 1 aliphatic heterocycles. The Bertz CT molecular complexity index is 431. The van der Waals surface area contributed by atoms with Crippen molar-refractivity contribution in [3.05, 3.63) is 17.3 Å². The van der Waals surface area contributed by atoms with Crippen molar-refractivity contribution < 1.29 is 4.74 Å². The SMILES string of the molecule is N#CC1CN(c2ncc(N)cc2Cl)CCO1. The minimum atomic E-state index is -0.427. The van der Waals surface area contributed by atoms with Crippen LogP contribution in [0.25, 0.3) is 0 Å². The molecule has 0 spiro atoms. The molecule has 2 rings (SSSR count). The number of hydrogen-bond donors (Lipinski definition) is 1. The van der Waals surface area contributed by atoms with E-state index in [1.54, 1.807) is 12.3 Å². The Morgan fingerprint density at radius 2 is 2.50 bits per heavy atom. The maximum absolute atomic E-state index is 8.79. The Balaban J connectivity index is 2.20. The topological polar surface area (TPSA) is 75.2 Å². The summed E-state index contributed by atoms with van der Waals surface area (Å²) in [7, 11) is 0. The molecule has 2 heterocycles. The predicted molar refractivity (Wildman–Crippen MR) is 61.2 cm³/mol. The van der Waals surface area contributed by atoms with E-state index in [0.29, 0.717) is 36.2 Å². The number of nitrogens with zero attached hydrogens (tertiary/aromatic N) is 3. The van der Waals surface area contributed by atoms with E-state index in [9.17, 15) is 0 Å². The fraction of sp³-hybridized carbons (Fsp3) is 0.400. The molecule has 1 fully saturated rings. The molecule has 6 heteroatoms. The number of halogens is 1. The van der Waals surface area contributed by atoms with Gasteiger partial charge < -0.3 is 15.4 Å². The minimum Gasteiger partial charge on any atom is -0.397 e. The molecule has 1 unspecified atom stereocenters. The lowest BCUT2D eigenvalue weighted by Crippen LogP contribution is -2.42. The van der Waals surface area contributed by atoms with E-state index in [1.807, 2.05) is 4.90 Å². The van der Waals surface area contributed by atoms with E-state index >= 15 is 0 Å². The van der Waals surface area contributed by atoms with Crippen LogP contribution in [0.4, 0.5) is 11.5 Å². The first-order valence-corrected chi connectivity index (χ1v) is 5.25. The number of anilines is 2. The summed E-state index contributed by atoms with van der Waals surface area (Å²) < 4.78 is 5.24. The van der Waals surface area contributed by atoms with Crippen molar-refractivity contribution in [1.29, 1.82) is 5.26 Å². The third kappa shape index (κ3) is 2.18. The zero-order valence-corrected chi connectivity index (χ0v) is 9.31. The summed E-state index contributed by atoms with van der Waals surface area (Å²) in [5.74, 6) is 0.652. The maximum Gasteiger partial charge on any atom is 0.161 e. The van der Waals surface area contributed by atoms with Gasteiger partial charge >= 0.3 is 0 Å². The molecule has 0 bridgehead atoms. The summed E-state index contributed by atoms with van der Waals surface area (Å²) in [6.07, 6.45) is 1.13. The van der Waals surface area contributed by atoms with Crippen LogP contribution in [0.2, 0.25) is 5.02 Å². The molecule has 84 valence electrons. The normalized spacial score (nSPS) is 20.5. The first kappa shape index (κ1) is 11.0. The standard InChI is InChI=1S/C10H11ClN4O/c11-9-3-7(13)5-14-10(9)15-1-2-16-8(4-12)6-15/h3,5,8H,1-2,6,13H2. The summed E-state index contributed by atoms with van der Waals surface area (Å²) in [5.41, 5.74) is 6.09. The molecular formula is C10H11ClN4O. The van der Waals surface area contributed by atoms with Gasteiger partial charge in [-0.3, -0.25) is 0 Å². The van der Waals surface area contributed by atoms with Crippen molar-refractivity contribution in [2.75, 3.05) is 30.3 Å². The molecule has 1 atom stereocenters. The lowest BCUT2D eigenvalue weighted by Gasteiger charge is -2.31. The van der Waals surface area contributed by atoms with Crippen molar-refractivity contribution in [2.24, 2.45) is 0 Å². The highest BCUT2D eigenvalue weighted by molar-refractivity contribution is 6.33. The van der Waals surface area contributed by atoms with Crippen LogP contribution in [0.15, 0.2) is 12.3 Å². The largest absolute Gasteiger partial charge is 0.397 e. The zero-order valence-electron chi connectivity index (χ0n) is 8.56. The summed E-state index contributed by atoms with van der Waals surface area (Å²) in [5, 5.41) is 9.29. The van der Waals surface area contributed by atoms with Crippen molar-refractivity contribution in [2.45, 2.75) is 6.10 Å². The van der Waals surface area contributed by atoms with Gasteiger partial charge in [0.15, 0.2) is 6.10 Å². The van der Waals surface area contributed by atoms with Gasteiger partial charge in [-0.15, -0.1) is 0 Å². The van der Waals surface area contributed by atoms with E-state index in [1.165, 1.54) is 0 Å². The number of pyridine rings is 1. The van der Waals surface area contributed by atoms with Gasteiger partial charge in [-0.05, 0) is 6.07 Å². The second kappa shape index (κ2) is 4.56. The Morgan fingerprint density at radius 3 is 3.19 bits per heavy atom. The van der Waals surface area contributed by atoms with Crippen LogP contribution in [-0.2, 0) is 4.74 Å². The van der Waals surface area contributed by atoms with E-state index in [0.717, 1.165) is 0 Å². The first-order valence-electron chi connectivity index (χ1n) is 4.88. The van der Waals surface area contributed by atoms with Crippen LogP contribution in [0.5, 0.6) is 0 Å². The van der Waals surface area contributed by atoms with E-state index in [4.69, 9.17) is 27.3 Å². The number of nitrogens with two attached hydrogens (primary N) is 1. The van der Waals surface area contributed by atoms with Gasteiger partial charge in [-0.2, -0.15) is 5.26 Å². The molecule has 1 aliphatic rings. The second-order valence-corrected chi connectivity index (χ2v) is 3.92. The number of nitriles is 1. The summed E-state index contributed by atoms with van der Waals surface area (Å²) in [4.78, 5) is 6.10. The van der Waals surface area contributed by atoms with Gasteiger partial charge in [0, 0.05) is 6.54 Å². The Morgan fingerprint density at radius 1 is 1.69 bits per heavy atom. The Kier molecular flexibility index (Phi) is 3.13. The Hall–Kier alpha value is -1.51. The number of morpholine rings is 1. The van der Waals surface area contributed by atoms with Gasteiger partial charge in [0.1, 0.15) is 5.82 Å². The summed E-state index contributed by atoms with van der Waals surface area (Å²) in [6, 6.07) is 3.73. The first-order chi connectivity index (χ1) is 7.70. The molecule has 0 saturated carbocycles. The van der Waals surface area contributed by atoms with Crippen LogP contribution >= 0.6 is 11.6 Å². The monoisotopic (exact) mass is 238 g/mol. The highest BCUT2D eigenvalue weighted by Gasteiger charge is 2.22. The quantitative estimate of drug-likeness (QED) is 0.791. The average molecular weight is 239 g/mol. The molecule has 0 aliphatic carbocycles. The van der Waals surface area contributed by atoms with Crippen molar-refractivity contribution in [3.63, 3.8) is 0 Å². The molecule has 1 saturated heterocycles. The van der Waals surface area contributed by atoms with Gasteiger partial charge in [-0.1, -0.05) is 11.6 Å². The highest BCUT2D eigenvalue weighted by atomic mass is 35.5. The maximum atomic E-state index is 8.79. The van der Waals surface area contributed by atoms with Crippen LogP contribution in [0.3, 0.4) is 0 Å². The van der Waals surface area contributed by atoms with Gasteiger partial charge in [0.2, 0.25) is 0 Å². The molecule has 1 aromatic heterocycles. The molecule has 1 aromatic rings. The molecule has 0 aromatic carbocycles. The zero-order chi connectivity index (χ0) is 11.5. The highest BCUT2D eigenvalue weighted by Crippen LogP contribution is 2.26. The van der Waals surface area contributed by atoms with Crippen LogP contribution in [0.1, 0.15) is 0 Å². The molecule has 5 nitrogen and oxygen atoms in total. The molecular weight excluding hydrogens is 228 g/mol. The smallest absolute Gasteiger partial charge is 0.161 e. The van der Waals surface area contributed by atoms with E-state index in [2.05, 4.69) is 11.1 Å². The third-order valence-electron chi connectivity index (χ3n) is 2.35. The van der Waals surface area contributed by atoms with Crippen molar-refractivity contribution in [1.82, 2.24) is 4.98 Å². The van der Waals surface area contributed by atoms with Crippen molar-refractivity contribution >= 4 is 23.1 Å². The number of ether oxygens (including phenoxy) is 1. The van der Waals surface area contributed by atoms with Crippen LogP contribution < -0.4 is 10.6 Å². The third-order valence-corrected chi connectivity index (χ3v) is 2.63.